The van der Waals surface area contributed by atoms with Crippen LogP contribution < -0.4 is 0 Å². The minimum absolute atomic E-state index is 0.279. The van der Waals surface area contributed by atoms with E-state index in [4.69, 9.17) is 4.42 Å². The van der Waals surface area contributed by atoms with E-state index in [0.717, 1.165) is 31.1 Å². The molecule has 0 bridgehead atoms. The lowest BCUT2D eigenvalue weighted by molar-refractivity contribution is -0.0289. The largest absolute Gasteiger partial charge is 0.458 e. The fourth-order valence-corrected chi connectivity index (χ4v) is 2.73. The second-order valence-corrected chi connectivity index (χ2v) is 5.51. The predicted octanol–water partition coefficient (Wildman–Crippen LogP) is 3.97. The maximum absolute atomic E-state index is 13.1. The van der Waals surface area contributed by atoms with Gasteiger partial charge in [0.25, 0.3) is 0 Å². The lowest BCUT2D eigenvalue weighted by Crippen LogP contribution is -2.30. The molecule has 1 saturated carbocycles. The van der Waals surface area contributed by atoms with Crippen LogP contribution in [-0.2, 0) is 5.60 Å². The Balaban J connectivity index is 1.98. The summed E-state index contributed by atoms with van der Waals surface area (Å²) in [6.45, 7) is 2.20. The number of hydrogen-bond donors (Lipinski definition) is 1. The summed E-state index contributed by atoms with van der Waals surface area (Å²) in [5.41, 5.74) is -0.236. The third kappa shape index (κ3) is 1.93. The van der Waals surface area contributed by atoms with Crippen molar-refractivity contribution < 1.29 is 13.9 Å². The molecule has 0 spiro atoms. The zero-order chi connectivity index (χ0) is 12.8. The highest BCUT2D eigenvalue weighted by Crippen LogP contribution is 2.41. The van der Waals surface area contributed by atoms with Gasteiger partial charge in [-0.15, -0.1) is 0 Å². The molecule has 0 unspecified atom stereocenters. The molecule has 1 aliphatic rings. The molecule has 0 aliphatic heterocycles. The molecule has 3 heteroatoms. The van der Waals surface area contributed by atoms with E-state index in [1.54, 1.807) is 12.1 Å². The number of aliphatic hydroxyl groups is 1. The summed E-state index contributed by atoms with van der Waals surface area (Å²) >= 11 is 0. The van der Waals surface area contributed by atoms with E-state index in [1.807, 2.05) is 0 Å². The van der Waals surface area contributed by atoms with Crippen molar-refractivity contribution in [3.63, 3.8) is 0 Å². The van der Waals surface area contributed by atoms with E-state index in [1.165, 1.54) is 12.1 Å². The highest BCUT2D eigenvalue weighted by molar-refractivity contribution is 5.78. The Morgan fingerprint density at radius 3 is 2.72 bits per heavy atom. The van der Waals surface area contributed by atoms with Crippen molar-refractivity contribution in [2.45, 2.75) is 38.2 Å². The first-order valence-electron chi connectivity index (χ1n) is 6.49. The highest BCUT2D eigenvalue weighted by Gasteiger charge is 2.36. The topological polar surface area (TPSA) is 33.4 Å². The summed E-state index contributed by atoms with van der Waals surface area (Å²) in [5, 5.41) is 11.4. The molecule has 1 aromatic heterocycles. The molecule has 1 N–H and O–H groups in total. The smallest absolute Gasteiger partial charge is 0.136 e. The molecule has 18 heavy (non-hydrogen) atoms. The van der Waals surface area contributed by atoms with Gasteiger partial charge in [0.2, 0.25) is 0 Å². The van der Waals surface area contributed by atoms with Gasteiger partial charge in [-0.3, -0.25) is 0 Å². The molecule has 1 aromatic carbocycles. The standard InChI is InChI=1S/C15H17FO2/c1-10-4-6-15(17,7-5-10)14-9-11-8-12(16)2-3-13(11)18-14/h2-3,8-10,17H,4-7H2,1H3. The van der Waals surface area contributed by atoms with Gasteiger partial charge in [0.1, 0.15) is 22.8 Å². The lowest BCUT2D eigenvalue weighted by atomic mass is 9.78. The Morgan fingerprint density at radius 2 is 2.00 bits per heavy atom. The fourth-order valence-electron chi connectivity index (χ4n) is 2.73. The highest BCUT2D eigenvalue weighted by atomic mass is 19.1. The van der Waals surface area contributed by atoms with Gasteiger partial charge in [-0.1, -0.05) is 6.92 Å². The Hall–Kier alpha value is -1.35. The Morgan fingerprint density at radius 1 is 1.28 bits per heavy atom. The fraction of sp³-hybridized carbons (Fsp3) is 0.467. The third-order valence-corrected chi connectivity index (χ3v) is 4.04. The quantitative estimate of drug-likeness (QED) is 0.828. The van der Waals surface area contributed by atoms with Crippen molar-refractivity contribution >= 4 is 11.0 Å². The van der Waals surface area contributed by atoms with E-state index < -0.39 is 5.60 Å². The molecule has 1 fully saturated rings. The van der Waals surface area contributed by atoms with E-state index in [9.17, 15) is 9.50 Å². The van der Waals surface area contributed by atoms with Crippen molar-refractivity contribution in [1.82, 2.24) is 0 Å². The van der Waals surface area contributed by atoms with Crippen LogP contribution in [0.1, 0.15) is 38.4 Å². The summed E-state index contributed by atoms with van der Waals surface area (Å²) in [6.07, 6.45) is 3.44. The maximum atomic E-state index is 13.1. The van der Waals surface area contributed by atoms with Crippen LogP contribution >= 0.6 is 0 Å². The van der Waals surface area contributed by atoms with Crippen LogP contribution in [0.5, 0.6) is 0 Å². The van der Waals surface area contributed by atoms with E-state index in [2.05, 4.69) is 6.92 Å². The second kappa shape index (κ2) is 4.09. The van der Waals surface area contributed by atoms with E-state index in [-0.39, 0.29) is 5.82 Å². The van der Waals surface area contributed by atoms with Crippen molar-refractivity contribution in [3.8, 4) is 0 Å². The van der Waals surface area contributed by atoms with Gasteiger partial charge in [-0.2, -0.15) is 0 Å². The van der Waals surface area contributed by atoms with Gasteiger partial charge in [0.15, 0.2) is 0 Å². The van der Waals surface area contributed by atoms with Crippen LogP contribution in [0.2, 0.25) is 0 Å². The number of rotatable bonds is 1. The first-order valence-corrected chi connectivity index (χ1v) is 6.49. The molecule has 0 saturated heterocycles. The average molecular weight is 248 g/mol. The predicted molar refractivity (Wildman–Crippen MR) is 67.7 cm³/mol. The molecule has 2 nitrogen and oxygen atoms in total. The second-order valence-electron chi connectivity index (χ2n) is 5.51. The molecule has 0 amide bonds. The van der Waals surface area contributed by atoms with Crippen molar-refractivity contribution in [3.05, 3.63) is 35.8 Å². The Kier molecular flexibility index (Phi) is 2.67. The van der Waals surface area contributed by atoms with Gasteiger partial charge < -0.3 is 9.52 Å². The monoisotopic (exact) mass is 248 g/mol. The van der Waals surface area contributed by atoms with E-state index in [0.29, 0.717) is 17.3 Å². The van der Waals surface area contributed by atoms with Crippen LogP contribution in [0.3, 0.4) is 0 Å². The van der Waals surface area contributed by atoms with Crippen LogP contribution in [0.4, 0.5) is 4.39 Å². The molecule has 2 aromatic rings. The zero-order valence-corrected chi connectivity index (χ0v) is 10.4. The Bertz CT molecular complexity index is 565. The minimum atomic E-state index is -0.873. The summed E-state index contributed by atoms with van der Waals surface area (Å²) in [7, 11) is 0. The molecule has 96 valence electrons. The first kappa shape index (κ1) is 11.7. The molecule has 1 heterocycles. The van der Waals surface area contributed by atoms with Crippen LogP contribution in [-0.4, -0.2) is 5.11 Å². The van der Waals surface area contributed by atoms with Gasteiger partial charge in [-0.05, 0) is 55.9 Å². The SMILES string of the molecule is CC1CCC(O)(c2cc3cc(F)ccc3o2)CC1. The van der Waals surface area contributed by atoms with Crippen molar-refractivity contribution in [1.29, 1.82) is 0 Å². The number of hydrogen-bond acceptors (Lipinski definition) is 2. The summed E-state index contributed by atoms with van der Waals surface area (Å²) < 4.78 is 18.8. The van der Waals surface area contributed by atoms with Crippen molar-refractivity contribution in [2.24, 2.45) is 5.92 Å². The summed E-state index contributed by atoms with van der Waals surface area (Å²) in [4.78, 5) is 0. The molecular formula is C15H17FO2. The first-order chi connectivity index (χ1) is 8.57. The van der Waals surface area contributed by atoms with Gasteiger partial charge >= 0.3 is 0 Å². The average Bonchev–Trinajstić information content (AvgIpc) is 2.77. The van der Waals surface area contributed by atoms with Crippen LogP contribution in [0.15, 0.2) is 28.7 Å². The zero-order valence-electron chi connectivity index (χ0n) is 10.4. The van der Waals surface area contributed by atoms with Gasteiger partial charge in [0, 0.05) is 5.39 Å². The van der Waals surface area contributed by atoms with Crippen LogP contribution in [0, 0.1) is 11.7 Å². The molecule has 0 atom stereocenters. The van der Waals surface area contributed by atoms with E-state index >= 15 is 0 Å². The summed E-state index contributed by atoms with van der Waals surface area (Å²) in [6, 6.07) is 6.21. The van der Waals surface area contributed by atoms with Crippen molar-refractivity contribution in [2.75, 3.05) is 0 Å². The molecule has 0 radical (unpaired) electrons. The molecular weight excluding hydrogens is 231 g/mol. The van der Waals surface area contributed by atoms with Gasteiger partial charge in [0.05, 0.1) is 0 Å². The number of benzene rings is 1. The lowest BCUT2D eigenvalue weighted by Gasteiger charge is -2.33. The number of furan rings is 1. The van der Waals surface area contributed by atoms with Crippen LogP contribution in [0.25, 0.3) is 11.0 Å². The molecule has 1 aliphatic carbocycles. The number of halogens is 1. The third-order valence-electron chi connectivity index (χ3n) is 4.04. The number of fused-ring (bicyclic) bond motifs is 1. The maximum Gasteiger partial charge on any atom is 0.136 e. The normalized spacial score (nSPS) is 28.7. The molecule has 3 rings (SSSR count). The Labute approximate surface area is 105 Å². The summed E-state index contributed by atoms with van der Waals surface area (Å²) in [5.74, 6) is 0.959. The minimum Gasteiger partial charge on any atom is -0.458 e. The van der Waals surface area contributed by atoms with Gasteiger partial charge in [-0.25, -0.2) is 4.39 Å².